The van der Waals surface area contributed by atoms with Crippen molar-refractivity contribution >= 4 is 17.2 Å². The fourth-order valence-corrected chi connectivity index (χ4v) is 2.13. The van der Waals surface area contributed by atoms with Gasteiger partial charge in [-0.3, -0.25) is 4.79 Å². The molecule has 3 N–H and O–H groups in total. The molecule has 2 aromatic rings. The van der Waals surface area contributed by atoms with Gasteiger partial charge in [-0.25, -0.2) is 4.98 Å². The molecule has 2 unspecified atom stereocenters. The van der Waals surface area contributed by atoms with Gasteiger partial charge in [0.2, 0.25) is 11.8 Å². The van der Waals surface area contributed by atoms with E-state index in [1.165, 1.54) is 0 Å². The number of hydrogen-bond acceptors (Lipinski definition) is 5. The normalized spacial score (nSPS) is 14.1. The lowest BCUT2D eigenvalue weighted by Crippen LogP contribution is -2.38. The third kappa shape index (κ3) is 3.42. The standard InChI is InChI=1S/C13H17N3O2S/c1-8(9(2)14)12(17)15-6-10-7-18-13(16-10)11-4-3-5-19-11/h3-5,7-9H,6,14H2,1-2H3,(H,15,17). The molecule has 1 amide bonds. The number of nitrogens with zero attached hydrogens (tertiary/aromatic N) is 1. The Morgan fingerprint density at radius 3 is 3.00 bits per heavy atom. The Morgan fingerprint density at radius 2 is 2.37 bits per heavy atom. The Labute approximate surface area is 115 Å². The number of nitrogens with one attached hydrogen (secondary N) is 1. The van der Waals surface area contributed by atoms with Gasteiger partial charge in [0.1, 0.15) is 6.26 Å². The highest BCUT2D eigenvalue weighted by atomic mass is 32.1. The Bertz CT molecular complexity index is 534. The van der Waals surface area contributed by atoms with Crippen molar-refractivity contribution in [1.82, 2.24) is 10.3 Å². The Kier molecular flexibility index (Phi) is 4.34. The summed E-state index contributed by atoms with van der Waals surface area (Å²) in [4.78, 5) is 17.0. The molecule has 102 valence electrons. The fraction of sp³-hybridized carbons (Fsp3) is 0.385. The van der Waals surface area contributed by atoms with E-state index in [9.17, 15) is 4.79 Å². The van der Waals surface area contributed by atoms with Gasteiger partial charge in [-0.15, -0.1) is 11.3 Å². The molecule has 0 saturated heterocycles. The monoisotopic (exact) mass is 279 g/mol. The van der Waals surface area contributed by atoms with Crippen LogP contribution in [-0.2, 0) is 11.3 Å². The van der Waals surface area contributed by atoms with Gasteiger partial charge in [0, 0.05) is 12.0 Å². The van der Waals surface area contributed by atoms with E-state index >= 15 is 0 Å². The molecule has 2 aromatic heterocycles. The molecule has 19 heavy (non-hydrogen) atoms. The summed E-state index contributed by atoms with van der Waals surface area (Å²) < 4.78 is 5.37. The first-order valence-corrected chi connectivity index (χ1v) is 6.97. The number of hydrogen-bond donors (Lipinski definition) is 2. The molecule has 0 aliphatic rings. The third-order valence-corrected chi connectivity index (χ3v) is 3.79. The van der Waals surface area contributed by atoms with E-state index in [1.807, 2.05) is 24.4 Å². The Hall–Kier alpha value is -1.66. The molecule has 0 saturated carbocycles. The van der Waals surface area contributed by atoms with Gasteiger partial charge < -0.3 is 15.5 Å². The molecule has 0 fully saturated rings. The summed E-state index contributed by atoms with van der Waals surface area (Å²) in [5.74, 6) is 0.291. The van der Waals surface area contributed by atoms with Crippen molar-refractivity contribution in [2.75, 3.05) is 0 Å². The first kappa shape index (κ1) is 13.8. The van der Waals surface area contributed by atoms with E-state index in [-0.39, 0.29) is 17.9 Å². The topological polar surface area (TPSA) is 81.2 Å². The molecular weight excluding hydrogens is 262 g/mol. The SMILES string of the molecule is CC(N)C(C)C(=O)NCc1coc(-c2cccs2)n1. The van der Waals surface area contributed by atoms with Gasteiger partial charge >= 0.3 is 0 Å². The minimum atomic E-state index is -0.219. The maximum absolute atomic E-state index is 11.7. The summed E-state index contributed by atoms with van der Waals surface area (Å²) >= 11 is 1.56. The van der Waals surface area contributed by atoms with E-state index < -0.39 is 0 Å². The molecule has 0 radical (unpaired) electrons. The lowest BCUT2D eigenvalue weighted by molar-refractivity contribution is -0.125. The number of carbonyl (C=O) groups is 1. The molecule has 0 aliphatic carbocycles. The number of oxazole rings is 1. The van der Waals surface area contributed by atoms with Crippen LogP contribution in [0.1, 0.15) is 19.5 Å². The maximum atomic E-state index is 11.7. The third-order valence-electron chi connectivity index (χ3n) is 2.93. The summed E-state index contributed by atoms with van der Waals surface area (Å²) in [6.45, 7) is 3.97. The molecule has 5 nitrogen and oxygen atoms in total. The lowest BCUT2D eigenvalue weighted by atomic mass is 10.0. The van der Waals surface area contributed by atoms with E-state index in [4.69, 9.17) is 10.2 Å². The van der Waals surface area contributed by atoms with Crippen molar-refractivity contribution in [3.05, 3.63) is 29.5 Å². The summed E-state index contributed by atoms with van der Waals surface area (Å²) in [5, 5.41) is 4.76. The van der Waals surface area contributed by atoms with Crippen LogP contribution in [-0.4, -0.2) is 16.9 Å². The highest BCUT2D eigenvalue weighted by Crippen LogP contribution is 2.23. The fourth-order valence-electron chi connectivity index (χ4n) is 1.48. The highest BCUT2D eigenvalue weighted by Gasteiger charge is 2.17. The van der Waals surface area contributed by atoms with E-state index in [0.29, 0.717) is 18.1 Å². The van der Waals surface area contributed by atoms with Crippen LogP contribution < -0.4 is 11.1 Å². The number of carbonyl (C=O) groups excluding carboxylic acids is 1. The second-order valence-corrected chi connectivity index (χ2v) is 5.43. The predicted octanol–water partition coefficient (Wildman–Crippen LogP) is 2.00. The van der Waals surface area contributed by atoms with Gasteiger partial charge in [0.15, 0.2) is 0 Å². The molecule has 0 aromatic carbocycles. The smallest absolute Gasteiger partial charge is 0.236 e. The number of rotatable bonds is 5. The number of amides is 1. The van der Waals surface area contributed by atoms with Crippen molar-refractivity contribution in [3.8, 4) is 10.8 Å². The maximum Gasteiger partial charge on any atom is 0.236 e. The van der Waals surface area contributed by atoms with Crippen LogP contribution >= 0.6 is 11.3 Å². The van der Waals surface area contributed by atoms with Crippen molar-refractivity contribution in [3.63, 3.8) is 0 Å². The second-order valence-electron chi connectivity index (χ2n) is 4.49. The molecule has 2 heterocycles. The van der Waals surface area contributed by atoms with Crippen LogP contribution in [0.5, 0.6) is 0 Å². The second kappa shape index (κ2) is 5.99. The van der Waals surface area contributed by atoms with E-state index in [2.05, 4.69) is 10.3 Å². The summed E-state index contributed by atoms with van der Waals surface area (Å²) in [6.07, 6.45) is 1.56. The van der Waals surface area contributed by atoms with Crippen molar-refractivity contribution in [2.24, 2.45) is 11.7 Å². The average Bonchev–Trinajstić information content (AvgIpc) is 3.04. The zero-order chi connectivity index (χ0) is 13.8. The van der Waals surface area contributed by atoms with E-state index in [1.54, 1.807) is 24.5 Å². The Balaban J connectivity index is 1.92. The summed E-state index contributed by atoms with van der Waals surface area (Å²) in [7, 11) is 0. The van der Waals surface area contributed by atoms with Crippen molar-refractivity contribution in [2.45, 2.75) is 26.4 Å². The van der Waals surface area contributed by atoms with Crippen molar-refractivity contribution < 1.29 is 9.21 Å². The van der Waals surface area contributed by atoms with Gasteiger partial charge in [0.25, 0.3) is 0 Å². The van der Waals surface area contributed by atoms with Crippen LogP contribution in [0.4, 0.5) is 0 Å². The van der Waals surface area contributed by atoms with Crippen LogP contribution in [0.3, 0.4) is 0 Å². The number of nitrogens with two attached hydrogens (primary N) is 1. The molecular formula is C13H17N3O2S. The van der Waals surface area contributed by atoms with Crippen LogP contribution in [0.15, 0.2) is 28.2 Å². The molecule has 6 heteroatoms. The minimum Gasteiger partial charge on any atom is -0.443 e. The minimum absolute atomic E-state index is 0.0735. The van der Waals surface area contributed by atoms with E-state index in [0.717, 1.165) is 4.88 Å². The number of aromatic nitrogens is 1. The Morgan fingerprint density at radius 1 is 1.58 bits per heavy atom. The van der Waals surface area contributed by atoms with Crippen LogP contribution in [0, 0.1) is 5.92 Å². The highest BCUT2D eigenvalue weighted by molar-refractivity contribution is 7.13. The largest absolute Gasteiger partial charge is 0.443 e. The van der Waals surface area contributed by atoms with Crippen molar-refractivity contribution in [1.29, 1.82) is 0 Å². The molecule has 2 atom stereocenters. The quantitative estimate of drug-likeness (QED) is 0.877. The first-order valence-electron chi connectivity index (χ1n) is 6.09. The van der Waals surface area contributed by atoms with Crippen LogP contribution in [0.2, 0.25) is 0 Å². The van der Waals surface area contributed by atoms with Gasteiger partial charge in [-0.2, -0.15) is 0 Å². The summed E-state index contributed by atoms with van der Waals surface area (Å²) in [5.41, 5.74) is 6.38. The molecule has 0 spiro atoms. The number of thiophene rings is 1. The van der Waals surface area contributed by atoms with Gasteiger partial charge in [-0.1, -0.05) is 13.0 Å². The average molecular weight is 279 g/mol. The first-order chi connectivity index (χ1) is 9.08. The summed E-state index contributed by atoms with van der Waals surface area (Å²) in [6, 6.07) is 3.71. The van der Waals surface area contributed by atoms with Crippen LogP contribution in [0.25, 0.3) is 10.8 Å². The zero-order valence-corrected chi connectivity index (χ0v) is 11.7. The molecule has 0 aliphatic heterocycles. The van der Waals surface area contributed by atoms with Gasteiger partial charge in [0.05, 0.1) is 17.1 Å². The molecule has 2 rings (SSSR count). The lowest BCUT2D eigenvalue weighted by Gasteiger charge is -2.14. The molecule has 0 bridgehead atoms. The zero-order valence-electron chi connectivity index (χ0n) is 10.9. The van der Waals surface area contributed by atoms with Gasteiger partial charge in [-0.05, 0) is 18.4 Å². The predicted molar refractivity (Wildman–Crippen MR) is 74.5 cm³/mol.